The molecule has 0 aliphatic rings. The third-order valence-electron chi connectivity index (χ3n) is 5.39. The number of halogens is 1. The molecule has 2 N–H and O–H groups in total. The number of aromatic amines is 1. The van der Waals surface area contributed by atoms with Gasteiger partial charge in [0.2, 0.25) is 0 Å². The minimum atomic E-state index is -1.23. The SMILES string of the molecule is Cc1cccc(Cn2c(C(=O)O)c(-n3c(=O)[nH]c4cscc4c3=O)c3cc(Br)ccc32)c1. The summed E-state index contributed by atoms with van der Waals surface area (Å²) in [5.74, 6) is -1.23. The number of hydrogen-bond acceptors (Lipinski definition) is 4. The molecule has 9 heteroatoms. The highest BCUT2D eigenvalue weighted by Crippen LogP contribution is 2.32. The summed E-state index contributed by atoms with van der Waals surface area (Å²) in [7, 11) is 0. The van der Waals surface area contributed by atoms with Crippen LogP contribution in [0.15, 0.2) is 67.3 Å². The van der Waals surface area contributed by atoms with Gasteiger partial charge in [0, 0.05) is 27.2 Å². The predicted octanol–water partition coefficient (Wildman–Crippen LogP) is 4.51. The summed E-state index contributed by atoms with van der Waals surface area (Å²) in [6.45, 7) is 2.24. The lowest BCUT2D eigenvalue weighted by Crippen LogP contribution is -2.34. The van der Waals surface area contributed by atoms with Crippen molar-refractivity contribution in [2.75, 3.05) is 0 Å². The highest BCUT2D eigenvalue weighted by atomic mass is 79.9. The summed E-state index contributed by atoms with van der Waals surface area (Å²) in [6, 6.07) is 13.1. The molecule has 0 aliphatic heterocycles. The summed E-state index contributed by atoms with van der Waals surface area (Å²) in [4.78, 5) is 41.4. The number of carbonyl (C=O) groups is 1. The van der Waals surface area contributed by atoms with Crippen LogP contribution in [0.3, 0.4) is 0 Å². The van der Waals surface area contributed by atoms with Crippen molar-refractivity contribution < 1.29 is 9.90 Å². The van der Waals surface area contributed by atoms with Gasteiger partial charge in [-0.05, 0) is 30.7 Å². The van der Waals surface area contributed by atoms with Crippen molar-refractivity contribution in [1.29, 1.82) is 0 Å². The molecule has 0 radical (unpaired) electrons. The van der Waals surface area contributed by atoms with Gasteiger partial charge in [-0.3, -0.25) is 4.79 Å². The summed E-state index contributed by atoms with van der Waals surface area (Å²) in [5, 5.41) is 14.4. The first-order valence-corrected chi connectivity index (χ1v) is 11.4. The summed E-state index contributed by atoms with van der Waals surface area (Å²) in [6.07, 6.45) is 0. The molecular formula is C23H16BrN3O4S. The minimum Gasteiger partial charge on any atom is -0.477 e. The first-order chi connectivity index (χ1) is 15.3. The zero-order valence-corrected chi connectivity index (χ0v) is 19.2. The van der Waals surface area contributed by atoms with Gasteiger partial charge in [-0.15, -0.1) is 11.3 Å². The van der Waals surface area contributed by atoms with E-state index in [-0.39, 0.29) is 17.9 Å². The van der Waals surface area contributed by atoms with Gasteiger partial charge in [0.25, 0.3) is 5.56 Å². The number of benzene rings is 2. The summed E-state index contributed by atoms with van der Waals surface area (Å²) < 4.78 is 3.27. The Balaban J connectivity index is 1.91. The number of aryl methyl sites for hydroxylation is 1. The number of carboxylic acid groups (broad SMARTS) is 1. The zero-order valence-electron chi connectivity index (χ0n) is 16.8. The van der Waals surface area contributed by atoms with Crippen LogP contribution in [0.4, 0.5) is 0 Å². The lowest BCUT2D eigenvalue weighted by molar-refractivity contribution is 0.0686. The van der Waals surface area contributed by atoms with Crippen molar-refractivity contribution in [3.63, 3.8) is 0 Å². The largest absolute Gasteiger partial charge is 0.477 e. The number of rotatable bonds is 4. The van der Waals surface area contributed by atoms with E-state index < -0.39 is 17.2 Å². The number of fused-ring (bicyclic) bond motifs is 2. The van der Waals surface area contributed by atoms with Gasteiger partial charge in [-0.2, -0.15) is 0 Å². The molecule has 0 spiro atoms. The molecule has 5 aromatic rings. The number of H-pyrrole nitrogens is 1. The first kappa shape index (κ1) is 20.5. The van der Waals surface area contributed by atoms with Crippen LogP contribution in [0.1, 0.15) is 21.6 Å². The van der Waals surface area contributed by atoms with Gasteiger partial charge in [0.1, 0.15) is 0 Å². The van der Waals surface area contributed by atoms with E-state index in [2.05, 4.69) is 20.9 Å². The van der Waals surface area contributed by atoms with Crippen LogP contribution in [0.25, 0.3) is 27.5 Å². The molecule has 0 amide bonds. The van der Waals surface area contributed by atoms with Crippen LogP contribution >= 0.6 is 27.3 Å². The van der Waals surface area contributed by atoms with Crippen molar-refractivity contribution in [2.24, 2.45) is 0 Å². The highest BCUT2D eigenvalue weighted by molar-refractivity contribution is 9.10. The van der Waals surface area contributed by atoms with Crippen LogP contribution in [0.5, 0.6) is 0 Å². The molecule has 0 saturated heterocycles. The van der Waals surface area contributed by atoms with Gasteiger partial charge in [0.05, 0.1) is 22.1 Å². The van der Waals surface area contributed by atoms with Crippen LogP contribution in [-0.4, -0.2) is 25.2 Å². The van der Waals surface area contributed by atoms with E-state index >= 15 is 0 Å². The number of carboxylic acids is 1. The van der Waals surface area contributed by atoms with Gasteiger partial charge < -0.3 is 14.7 Å². The minimum absolute atomic E-state index is 0.0563. The fraction of sp³-hybridized carbons (Fsp3) is 0.0870. The zero-order chi connectivity index (χ0) is 22.6. The fourth-order valence-corrected chi connectivity index (χ4v) is 5.17. The van der Waals surface area contributed by atoms with Crippen LogP contribution in [0, 0.1) is 6.92 Å². The Morgan fingerprint density at radius 1 is 1.12 bits per heavy atom. The summed E-state index contributed by atoms with van der Waals surface area (Å²) in [5.41, 5.74) is 1.70. The van der Waals surface area contributed by atoms with Crippen molar-refractivity contribution >= 4 is 55.0 Å². The lowest BCUT2D eigenvalue weighted by atomic mass is 10.1. The van der Waals surface area contributed by atoms with E-state index in [0.29, 0.717) is 26.3 Å². The second-order valence-electron chi connectivity index (χ2n) is 7.51. The number of thiophene rings is 1. The average Bonchev–Trinajstić information content (AvgIpc) is 3.31. The molecular weight excluding hydrogens is 494 g/mol. The molecule has 0 fully saturated rings. The Bertz CT molecular complexity index is 1660. The molecule has 0 atom stereocenters. The van der Waals surface area contributed by atoms with Crippen molar-refractivity contribution in [1.82, 2.24) is 14.1 Å². The van der Waals surface area contributed by atoms with E-state index in [0.717, 1.165) is 15.7 Å². The highest BCUT2D eigenvalue weighted by Gasteiger charge is 2.27. The van der Waals surface area contributed by atoms with E-state index in [1.54, 1.807) is 33.5 Å². The molecule has 0 unspecified atom stereocenters. The van der Waals surface area contributed by atoms with Crippen molar-refractivity contribution in [3.8, 4) is 5.69 Å². The molecule has 2 aromatic carbocycles. The van der Waals surface area contributed by atoms with Gasteiger partial charge in [-0.1, -0.05) is 45.8 Å². The third-order valence-corrected chi connectivity index (χ3v) is 6.63. The Morgan fingerprint density at radius 2 is 1.94 bits per heavy atom. The van der Waals surface area contributed by atoms with Crippen LogP contribution < -0.4 is 11.2 Å². The standard InChI is InChI=1S/C23H16BrN3O4S/c1-12-3-2-4-13(7-12)9-26-18-6-5-14(24)8-15(18)19(20(26)22(29)30)27-21(28)16-10-32-11-17(16)25-23(27)31/h2-8,10-11H,9H2,1H3,(H,25,31)(H,29,30). The maximum Gasteiger partial charge on any atom is 0.354 e. The maximum atomic E-state index is 13.3. The fourth-order valence-electron chi connectivity index (χ4n) is 4.06. The lowest BCUT2D eigenvalue weighted by Gasteiger charge is -2.10. The molecule has 0 bridgehead atoms. The molecule has 0 aliphatic carbocycles. The average molecular weight is 510 g/mol. The Kier molecular flexibility index (Phi) is 4.87. The van der Waals surface area contributed by atoms with Crippen molar-refractivity contribution in [2.45, 2.75) is 13.5 Å². The topological polar surface area (TPSA) is 97.1 Å². The smallest absolute Gasteiger partial charge is 0.354 e. The normalized spacial score (nSPS) is 11.4. The second kappa shape index (κ2) is 7.61. The van der Waals surface area contributed by atoms with Crippen LogP contribution in [-0.2, 0) is 6.54 Å². The second-order valence-corrected chi connectivity index (χ2v) is 9.17. The Hall–Kier alpha value is -3.43. The van der Waals surface area contributed by atoms with Gasteiger partial charge in [-0.25, -0.2) is 14.2 Å². The third kappa shape index (κ3) is 3.21. The van der Waals surface area contributed by atoms with E-state index in [4.69, 9.17) is 0 Å². The van der Waals surface area contributed by atoms with E-state index in [9.17, 15) is 19.5 Å². The van der Waals surface area contributed by atoms with Crippen LogP contribution in [0.2, 0.25) is 0 Å². The number of hydrogen-bond donors (Lipinski definition) is 2. The number of aromatic carboxylic acids is 1. The molecule has 3 heterocycles. The predicted molar refractivity (Wildman–Crippen MR) is 128 cm³/mol. The number of aromatic nitrogens is 3. The molecule has 7 nitrogen and oxygen atoms in total. The van der Waals surface area contributed by atoms with E-state index in [1.807, 2.05) is 31.2 Å². The molecule has 32 heavy (non-hydrogen) atoms. The number of nitrogens with zero attached hydrogens (tertiary/aromatic N) is 2. The maximum absolute atomic E-state index is 13.3. The molecule has 5 rings (SSSR count). The molecule has 160 valence electrons. The monoisotopic (exact) mass is 509 g/mol. The molecule has 0 saturated carbocycles. The molecule has 3 aromatic heterocycles. The number of nitrogens with one attached hydrogen (secondary N) is 1. The first-order valence-electron chi connectivity index (χ1n) is 9.67. The van der Waals surface area contributed by atoms with Crippen molar-refractivity contribution in [3.05, 3.63) is 95.4 Å². The van der Waals surface area contributed by atoms with Gasteiger partial charge >= 0.3 is 11.7 Å². The quantitative estimate of drug-likeness (QED) is 0.372. The Morgan fingerprint density at radius 3 is 2.69 bits per heavy atom. The summed E-state index contributed by atoms with van der Waals surface area (Å²) >= 11 is 4.72. The van der Waals surface area contributed by atoms with E-state index in [1.165, 1.54) is 11.3 Å². The Labute approximate surface area is 193 Å². The van der Waals surface area contributed by atoms with Gasteiger partial charge in [0.15, 0.2) is 5.69 Å².